The summed E-state index contributed by atoms with van der Waals surface area (Å²) in [4.78, 5) is 13.0. The van der Waals surface area contributed by atoms with E-state index in [0.717, 1.165) is 22.7 Å². The van der Waals surface area contributed by atoms with Crippen molar-refractivity contribution in [2.24, 2.45) is 0 Å². The van der Waals surface area contributed by atoms with Crippen LogP contribution in [0.5, 0.6) is 5.75 Å². The Labute approximate surface area is 134 Å². The van der Waals surface area contributed by atoms with Gasteiger partial charge in [0.1, 0.15) is 11.6 Å². The van der Waals surface area contributed by atoms with Crippen LogP contribution in [0.25, 0.3) is 11.3 Å². The molecule has 0 aliphatic rings. The van der Waals surface area contributed by atoms with Crippen LogP contribution in [0, 0.1) is 0 Å². The normalized spacial score (nSPS) is 10.2. The van der Waals surface area contributed by atoms with Crippen molar-refractivity contribution in [2.45, 2.75) is 0 Å². The Kier molecular flexibility index (Phi) is 4.33. The first-order valence-electron chi connectivity index (χ1n) is 7.17. The average Bonchev–Trinajstić information content (AvgIpc) is 2.62. The Morgan fingerprint density at radius 2 is 1.91 bits per heavy atom. The second-order valence-electron chi connectivity index (χ2n) is 4.78. The molecular weight excluding hydrogens is 290 g/mol. The van der Waals surface area contributed by atoms with Crippen molar-refractivity contribution < 1.29 is 4.74 Å². The molecule has 0 saturated heterocycles. The summed E-state index contributed by atoms with van der Waals surface area (Å²) >= 11 is 0. The first-order chi connectivity index (χ1) is 11.3. The fourth-order valence-electron chi connectivity index (χ4n) is 2.17. The van der Waals surface area contributed by atoms with Gasteiger partial charge >= 0.3 is 0 Å². The number of anilines is 3. The highest BCUT2D eigenvalue weighted by Gasteiger charge is 2.08. The number of hydrogen-bond acceptors (Lipinski definition) is 6. The van der Waals surface area contributed by atoms with Crippen molar-refractivity contribution in [3.63, 3.8) is 0 Å². The van der Waals surface area contributed by atoms with Crippen LogP contribution in [-0.2, 0) is 0 Å². The molecule has 0 fully saturated rings. The molecule has 3 rings (SSSR count). The highest BCUT2D eigenvalue weighted by Crippen LogP contribution is 2.28. The van der Waals surface area contributed by atoms with E-state index in [9.17, 15) is 0 Å². The molecule has 0 bridgehead atoms. The third kappa shape index (κ3) is 3.37. The van der Waals surface area contributed by atoms with Crippen LogP contribution in [0.3, 0.4) is 0 Å². The maximum Gasteiger partial charge on any atom is 0.224 e. The van der Waals surface area contributed by atoms with Crippen molar-refractivity contribution >= 4 is 17.5 Å². The number of aromatic nitrogens is 3. The lowest BCUT2D eigenvalue weighted by Gasteiger charge is -2.12. The van der Waals surface area contributed by atoms with E-state index in [4.69, 9.17) is 4.74 Å². The number of para-hydroxylation sites is 2. The van der Waals surface area contributed by atoms with E-state index in [-0.39, 0.29) is 0 Å². The van der Waals surface area contributed by atoms with E-state index >= 15 is 0 Å². The Hall–Kier alpha value is -3.15. The molecule has 2 aromatic heterocycles. The molecule has 0 amide bonds. The van der Waals surface area contributed by atoms with Gasteiger partial charge in [-0.1, -0.05) is 12.1 Å². The lowest BCUT2D eigenvalue weighted by molar-refractivity contribution is 0.417. The highest BCUT2D eigenvalue weighted by molar-refractivity contribution is 5.69. The standard InChI is InChI=1S/C17H17N5O/c1-18-17-21-14(12-6-5-9-19-11-12)10-16(22-17)20-13-7-3-4-8-15(13)23-2/h3-11H,1-2H3,(H2,18,20,21,22). The van der Waals surface area contributed by atoms with Crippen molar-refractivity contribution in [1.29, 1.82) is 0 Å². The number of rotatable bonds is 5. The first kappa shape index (κ1) is 14.8. The largest absolute Gasteiger partial charge is 0.495 e. The van der Waals surface area contributed by atoms with Crippen LogP contribution in [0.15, 0.2) is 54.9 Å². The SMILES string of the molecule is CNc1nc(Nc2ccccc2OC)cc(-c2cccnc2)n1. The molecular formula is C17H17N5O. The molecule has 0 unspecified atom stereocenters. The van der Waals surface area contributed by atoms with E-state index in [0.29, 0.717) is 11.8 Å². The Morgan fingerprint density at radius 1 is 1.04 bits per heavy atom. The monoisotopic (exact) mass is 307 g/mol. The van der Waals surface area contributed by atoms with Gasteiger partial charge < -0.3 is 15.4 Å². The van der Waals surface area contributed by atoms with Crippen LogP contribution in [-0.4, -0.2) is 29.1 Å². The minimum atomic E-state index is 0.531. The summed E-state index contributed by atoms with van der Waals surface area (Å²) in [7, 11) is 3.43. The van der Waals surface area contributed by atoms with Gasteiger partial charge in [-0.25, -0.2) is 4.98 Å². The van der Waals surface area contributed by atoms with Gasteiger partial charge in [-0.05, 0) is 24.3 Å². The van der Waals surface area contributed by atoms with Gasteiger partial charge in [0.2, 0.25) is 5.95 Å². The minimum Gasteiger partial charge on any atom is -0.495 e. The van der Waals surface area contributed by atoms with Crippen LogP contribution < -0.4 is 15.4 Å². The van der Waals surface area contributed by atoms with Gasteiger partial charge in [0.25, 0.3) is 0 Å². The number of ether oxygens (including phenoxy) is 1. The molecule has 2 N–H and O–H groups in total. The van der Waals surface area contributed by atoms with Gasteiger partial charge in [0.15, 0.2) is 0 Å². The van der Waals surface area contributed by atoms with Crippen LogP contribution >= 0.6 is 0 Å². The molecule has 116 valence electrons. The third-order valence-electron chi connectivity index (χ3n) is 3.28. The number of nitrogens with one attached hydrogen (secondary N) is 2. The van der Waals surface area contributed by atoms with E-state index in [2.05, 4.69) is 25.6 Å². The lowest BCUT2D eigenvalue weighted by atomic mass is 10.2. The molecule has 0 aliphatic carbocycles. The first-order valence-corrected chi connectivity index (χ1v) is 7.17. The van der Waals surface area contributed by atoms with E-state index in [1.807, 2.05) is 42.5 Å². The van der Waals surface area contributed by atoms with Gasteiger partial charge in [-0.2, -0.15) is 4.98 Å². The topological polar surface area (TPSA) is 72.0 Å². The average molecular weight is 307 g/mol. The van der Waals surface area contributed by atoms with Gasteiger partial charge in [0.05, 0.1) is 18.5 Å². The smallest absolute Gasteiger partial charge is 0.224 e. The zero-order chi connectivity index (χ0) is 16.1. The van der Waals surface area contributed by atoms with Gasteiger partial charge in [-0.15, -0.1) is 0 Å². The number of hydrogen-bond donors (Lipinski definition) is 2. The van der Waals surface area contributed by atoms with Crippen molar-refractivity contribution in [3.8, 4) is 17.0 Å². The number of nitrogens with zero attached hydrogens (tertiary/aromatic N) is 3. The summed E-state index contributed by atoms with van der Waals surface area (Å²) in [5.74, 6) is 1.96. The van der Waals surface area contributed by atoms with E-state index in [1.165, 1.54) is 0 Å². The van der Waals surface area contributed by atoms with Gasteiger partial charge in [0, 0.05) is 31.1 Å². The number of benzene rings is 1. The molecule has 3 aromatic rings. The molecule has 1 aromatic carbocycles. The minimum absolute atomic E-state index is 0.531. The summed E-state index contributed by atoms with van der Waals surface area (Å²) in [6.07, 6.45) is 3.51. The summed E-state index contributed by atoms with van der Waals surface area (Å²) < 4.78 is 5.36. The maximum absolute atomic E-state index is 5.36. The third-order valence-corrected chi connectivity index (χ3v) is 3.28. The number of methoxy groups -OCH3 is 1. The molecule has 0 spiro atoms. The fourth-order valence-corrected chi connectivity index (χ4v) is 2.17. The Bertz CT molecular complexity index is 792. The summed E-state index contributed by atoms with van der Waals surface area (Å²) in [6.45, 7) is 0. The van der Waals surface area contributed by atoms with E-state index in [1.54, 1.807) is 26.6 Å². The van der Waals surface area contributed by atoms with Crippen molar-refractivity contribution in [1.82, 2.24) is 15.0 Å². The quantitative estimate of drug-likeness (QED) is 0.753. The van der Waals surface area contributed by atoms with Gasteiger partial charge in [-0.3, -0.25) is 4.98 Å². The highest BCUT2D eigenvalue weighted by atomic mass is 16.5. The number of pyridine rings is 1. The molecule has 0 radical (unpaired) electrons. The maximum atomic E-state index is 5.36. The molecule has 6 heteroatoms. The Morgan fingerprint density at radius 3 is 2.65 bits per heavy atom. The summed E-state index contributed by atoms with van der Waals surface area (Å²) in [5.41, 5.74) is 2.55. The second-order valence-corrected chi connectivity index (χ2v) is 4.78. The molecule has 0 saturated carbocycles. The van der Waals surface area contributed by atoms with Crippen molar-refractivity contribution in [2.75, 3.05) is 24.8 Å². The Balaban J connectivity index is 1.99. The molecule has 23 heavy (non-hydrogen) atoms. The fraction of sp³-hybridized carbons (Fsp3) is 0.118. The molecule has 0 aliphatic heterocycles. The summed E-state index contributed by atoms with van der Waals surface area (Å²) in [5, 5.41) is 6.25. The molecule has 2 heterocycles. The van der Waals surface area contributed by atoms with Crippen LogP contribution in [0.1, 0.15) is 0 Å². The lowest BCUT2D eigenvalue weighted by Crippen LogP contribution is -2.03. The van der Waals surface area contributed by atoms with Crippen LogP contribution in [0.2, 0.25) is 0 Å². The van der Waals surface area contributed by atoms with Crippen LogP contribution in [0.4, 0.5) is 17.5 Å². The summed E-state index contributed by atoms with van der Waals surface area (Å²) in [6, 6.07) is 13.4. The van der Waals surface area contributed by atoms with Crippen molar-refractivity contribution in [3.05, 3.63) is 54.9 Å². The molecule has 6 nitrogen and oxygen atoms in total. The molecule has 0 atom stereocenters. The van der Waals surface area contributed by atoms with E-state index < -0.39 is 0 Å². The predicted octanol–water partition coefficient (Wildman–Crippen LogP) is 3.33. The second kappa shape index (κ2) is 6.74. The zero-order valence-electron chi connectivity index (χ0n) is 12.9. The predicted molar refractivity (Wildman–Crippen MR) is 91.1 cm³/mol. The zero-order valence-corrected chi connectivity index (χ0v) is 12.9.